The average molecular weight is 448 g/mol. The summed E-state index contributed by atoms with van der Waals surface area (Å²) in [6.45, 7) is 4.93. The smallest absolute Gasteiger partial charge is 0.257 e. The molecule has 0 radical (unpaired) electrons. The third-order valence-corrected chi connectivity index (χ3v) is 5.26. The van der Waals surface area contributed by atoms with E-state index in [4.69, 9.17) is 0 Å². The van der Waals surface area contributed by atoms with Gasteiger partial charge in [-0.25, -0.2) is 21.9 Å². The van der Waals surface area contributed by atoms with Crippen LogP contribution in [0.4, 0.5) is 14.5 Å². The van der Waals surface area contributed by atoms with Crippen LogP contribution in [-0.2, 0) is 19.6 Å². The van der Waals surface area contributed by atoms with Crippen LogP contribution in [0.1, 0.15) is 18.9 Å². The Morgan fingerprint density at radius 2 is 1.84 bits per heavy atom. The summed E-state index contributed by atoms with van der Waals surface area (Å²) in [6, 6.07) is 11.1. The van der Waals surface area contributed by atoms with E-state index in [1.165, 1.54) is 19.1 Å². The largest absolute Gasteiger partial charge is 0.309 e. The number of nitrogens with zero attached hydrogens (tertiary/aromatic N) is 1. The van der Waals surface area contributed by atoms with Crippen LogP contribution in [0.5, 0.6) is 0 Å². The second-order valence-electron chi connectivity index (χ2n) is 6.48. The topological polar surface area (TPSA) is 83.5 Å². The van der Waals surface area contributed by atoms with Gasteiger partial charge in [0.05, 0.1) is 11.1 Å². The fourth-order valence-corrected chi connectivity index (χ4v) is 3.62. The number of carbonyl (C=O) groups is 2. The standard InChI is InChI=1S/C22H22F2N2O4S/c1-3-8-18(22(28)26(4-2)20-15-17(23)11-12-19(20)24)21(27)25-31(29,30)14-13-16-9-6-5-7-10-16/h3,5-7,9-15,18H,1,4,8H2,2H3,(H,25,27)/b14-13+. The predicted molar refractivity (Wildman–Crippen MR) is 115 cm³/mol. The summed E-state index contributed by atoms with van der Waals surface area (Å²) in [5.41, 5.74) is 0.249. The summed E-state index contributed by atoms with van der Waals surface area (Å²) < 4.78 is 54.1. The Hall–Kier alpha value is -3.33. The lowest BCUT2D eigenvalue weighted by Gasteiger charge is -2.25. The van der Waals surface area contributed by atoms with E-state index in [-0.39, 0.29) is 18.7 Å². The van der Waals surface area contributed by atoms with Gasteiger partial charge in [0.15, 0.2) is 0 Å². The van der Waals surface area contributed by atoms with Crippen LogP contribution in [-0.4, -0.2) is 26.8 Å². The van der Waals surface area contributed by atoms with Gasteiger partial charge in [-0.3, -0.25) is 9.59 Å². The third-order valence-electron chi connectivity index (χ3n) is 4.28. The van der Waals surface area contributed by atoms with Gasteiger partial charge in [0, 0.05) is 12.6 Å². The van der Waals surface area contributed by atoms with Gasteiger partial charge < -0.3 is 4.90 Å². The molecule has 1 unspecified atom stereocenters. The first kappa shape index (κ1) is 23.9. The fraction of sp³-hybridized carbons (Fsp3) is 0.182. The SMILES string of the molecule is C=CCC(C(=O)NS(=O)(=O)/C=C/c1ccccc1)C(=O)N(CC)c1cc(F)ccc1F. The summed E-state index contributed by atoms with van der Waals surface area (Å²) in [5.74, 6) is -5.10. The van der Waals surface area contributed by atoms with Crippen molar-refractivity contribution in [1.82, 2.24) is 4.72 Å². The number of sulfonamides is 1. The second kappa shape index (κ2) is 10.6. The molecule has 0 aliphatic rings. The summed E-state index contributed by atoms with van der Waals surface area (Å²) in [7, 11) is -4.21. The van der Waals surface area contributed by atoms with Crippen molar-refractivity contribution < 1.29 is 26.8 Å². The lowest BCUT2D eigenvalue weighted by Crippen LogP contribution is -2.45. The molecule has 31 heavy (non-hydrogen) atoms. The van der Waals surface area contributed by atoms with E-state index in [1.807, 2.05) is 4.72 Å². The molecular formula is C22H22F2N2O4S. The average Bonchev–Trinajstić information content (AvgIpc) is 2.73. The number of allylic oxidation sites excluding steroid dienone is 1. The highest BCUT2D eigenvalue weighted by molar-refractivity contribution is 7.93. The summed E-state index contributed by atoms with van der Waals surface area (Å²) in [5, 5.41) is 0.805. The van der Waals surface area contributed by atoms with E-state index in [1.54, 1.807) is 30.3 Å². The van der Waals surface area contributed by atoms with Crippen molar-refractivity contribution >= 4 is 33.6 Å². The van der Waals surface area contributed by atoms with E-state index in [2.05, 4.69) is 6.58 Å². The number of hydrogen-bond acceptors (Lipinski definition) is 4. The molecule has 0 heterocycles. The van der Waals surface area contributed by atoms with Gasteiger partial charge in [-0.15, -0.1) is 6.58 Å². The first-order chi connectivity index (χ1) is 14.7. The Morgan fingerprint density at radius 3 is 2.45 bits per heavy atom. The van der Waals surface area contributed by atoms with Crippen molar-refractivity contribution in [3.8, 4) is 0 Å². The van der Waals surface area contributed by atoms with Crippen LogP contribution in [0.15, 0.2) is 66.6 Å². The van der Waals surface area contributed by atoms with Crippen LogP contribution < -0.4 is 9.62 Å². The maximum Gasteiger partial charge on any atom is 0.257 e. The van der Waals surface area contributed by atoms with Gasteiger partial charge >= 0.3 is 0 Å². The number of benzene rings is 2. The van der Waals surface area contributed by atoms with Crippen LogP contribution in [0.3, 0.4) is 0 Å². The summed E-state index contributed by atoms with van der Waals surface area (Å²) >= 11 is 0. The molecule has 0 aliphatic heterocycles. The minimum Gasteiger partial charge on any atom is -0.309 e. The van der Waals surface area contributed by atoms with E-state index in [9.17, 15) is 26.8 Å². The molecule has 9 heteroatoms. The number of rotatable bonds is 9. The van der Waals surface area contributed by atoms with E-state index in [0.29, 0.717) is 5.56 Å². The minimum atomic E-state index is -4.21. The molecule has 1 N–H and O–H groups in total. The van der Waals surface area contributed by atoms with Gasteiger partial charge in [-0.1, -0.05) is 36.4 Å². The first-order valence-corrected chi connectivity index (χ1v) is 10.9. The first-order valence-electron chi connectivity index (χ1n) is 9.35. The Kier molecular flexibility index (Phi) is 8.21. The molecule has 6 nitrogen and oxygen atoms in total. The number of hydrogen-bond donors (Lipinski definition) is 1. The molecule has 0 saturated heterocycles. The number of amides is 2. The maximum absolute atomic E-state index is 14.2. The van der Waals surface area contributed by atoms with Crippen molar-refractivity contribution in [2.45, 2.75) is 13.3 Å². The van der Waals surface area contributed by atoms with E-state index in [0.717, 1.165) is 28.5 Å². The van der Waals surface area contributed by atoms with Crippen LogP contribution in [0, 0.1) is 17.6 Å². The van der Waals surface area contributed by atoms with Crippen LogP contribution >= 0.6 is 0 Å². The molecule has 2 rings (SSSR count). The van der Waals surface area contributed by atoms with Gasteiger partial charge in [-0.05, 0) is 37.1 Å². The lowest BCUT2D eigenvalue weighted by molar-refractivity contribution is -0.132. The molecule has 2 aromatic carbocycles. The highest BCUT2D eigenvalue weighted by atomic mass is 32.2. The van der Waals surface area contributed by atoms with Crippen molar-refractivity contribution in [2.24, 2.45) is 5.92 Å². The van der Waals surface area contributed by atoms with Crippen LogP contribution in [0.2, 0.25) is 0 Å². The second-order valence-corrected chi connectivity index (χ2v) is 8.05. The Labute approximate surface area is 179 Å². The third kappa shape index (κ3) is 6.58. The normalized spacial score (nSPS) is 12.4. The number of halogens is 2. The van der Waals surface area contributed by atoms with Gasteiger partial charge in [-0.2, -0.15) is 0 Å². The Bertz CT molecular complexity index is 1090. The zero-order chi connectivity index (χ0) is 23.0. The Morgan fingerprint density at radius 1 is 1.16 bits per heavy atom. The molecule has 0 fully saturated rings. The van der Waals surface area contributed by atoms with Gasteiger partial charge in [0.2, 0.25) is 11.8 Å². The Balaban J connectivity index is 2.25. The lowest BCUT2D eigenvalue weighted by atomic mass is 10.0. The highest BCUT2D eigenvalue weighted by Gasteiger charge is 2.32. The van der Waals surface area contributed by atoms with Crippen molar-refractivity contribution in [3.05, 3.63) is 83.8 Å². The molecular weight excluding hydrogens is 426 g/mol. The zero-order valence-corrected chi connectivity index (χ0v) is 17.6. The number of carbonyl (C=O) groups excluding carboxylic acids is 2. The molecule has 2 amide bonds. The van der Waals surface area contributed by atoms with Crippen molar-refractivity contribution in [3.63, 3.8) is 0 Å². The molecule has 1 atom stereocenters. The van der Waals surface area contributed by atoms with Gasteiger partial charge in [0.1, 0.15) is 17.6 Å². The maximum atomic E-state index is 14.2. The molecule has 0 aliphatic carbocycles. The molecule has 0 bridgehead atoms. The van der Waals surface area contributed by atoms with Gasteiger partial charge in [0.25, 0.3) is 10.0 Å². The zero-order valence-electron chi connectivity index (χ0n) is 16.8. The number of anilines is 1. The van der Waals surface area contributed by atoms with Crippen molar-refractivity contribution in [1.29, 1.82) is 0 Å². The highest BCUT2D eigenvalue weighted by Crippen LogP contribution is 2.23. The fourth-order valence-electron chi connectivity index (χ4n) is 2.79. The minimum absolute atomic E-state index is 0.0687. The predicted octanol–water partition coefficient (Wildman–Crippen LogP) is 3.63. The van der Waals surface area contributed by atoms with E-state index < -0.39 is 39.4 Å². The number of nitrogens with one attached hydrogen (secondary N) is 1. The summed E-state index contributed by atoms with van der Waals surface area (Å²) in [6.07, 6.45) is 2.36. The quantitative estimate of drug-likeness (QED) is 0.469. The summed E-state index contributed by atoms with van der Waals surface area (Å²) in [4.78, 5) is 26.5. The monoisotopic (exact) mass is 448 g/mol. The molecule has 0 spiro atoms. The molecule has 164 valence electrons. The van der Waals surface area contributed by atoms with Crippen molar-refractivity contribution in [2.75, 3.05) is 11.4 Å². The molecule has 2 aromatic rings. The molecule has 0 saturated carbocycles. The van der Waals surface area contributed by atoms with E-state index >= 15 is 0 Å². The molecule has 0 aromatic heterocycles. The van der Waals surface area contributed by atoms with Crippen LogP contribution in [0.25, 0.3) is 6.08 Å².